The van der Waals surface area contributed by atoms with Gasteiger partial charge in [0.25, 0.3) is 6.47 Å². The van der Waals surface area contributed by atoms with Crippen LogP contribution in [0.2, 0.25) is 0 Å². The minimum atomic E-state index is -0.747. The molecule has 1 aromatic heterocycles. The van der Waals surface area contributed by atoms with Gasteiger partial charge in [0.05, 0.1) is 13.4 Å². The summed E-state index contributed by atoms with van der Waals surface area (Å²) in [4.78, 5) is 25.7. The number of methoxy groups -OCH3 is 1. The normalized spacial score (nSPS) is 6.89. The Bertz CT molecular complexity index is 372. The molecule has 7 nitrogen and oxygen atoms in total. The van der Waals surface area contributed by atoms with Crippen molar-refractivity contribution < 1.29 is 23.8 Å². The minimum absolute atomic E-state index is 0.0350. The van der Waals surface area contributed by atoms with E-state index in [1.54, 1.807) is 18.7 Å². The summed E-state index contributed by atoms with van der Waals surface area (Å²) in [6, 6.07) is 0. The van der Waals surface area contributed by atoms with E-state index >= 15 is 0 Å². The third kappa shape index (κ3) is 21.0. The summed E-state index contributed by atoms with van der Waals surface area (Å²) in [6.45, 7) is 0.357. The average Bonchev–Trinajstić information content (AvgIpc) is 3.02. The van der Waals surface area contributed by atoms with E-state index in [2.05, 4.69) is 42.4 Å². The Labute approximate surface area is 111 Å². The van der Waals surface area contributed by atoms with Crippen molar-refractivity contribution in [3.8, 4) is 24.7 Å². The summed E-state index contributed by atoms with van der Waals surface area (Å²) < 4.78 is 12.4. The number of hydrogen-bond acceptors (Lipinski definition) is 6. The number of nitrogens with one attached hydrogen (secondary N) is 1. The van der Waals surface area contributed by atoms with E-state index in [1.165, 1.54) is 7.11 Å². The number of rotatable bonds is 3. The van der Waals surface area contributed by atoms with Crippen molar-refractivity contribution in [2.24, 2.45) is 0 Å². The standard InChI is InChI=1S/C5H6O3.C4H4O2.C3H4N2/c1-3-4-8-5(6)7-2;1-2-3-6-4-5;1-2-5-3-4-1/h1H,4H2,2H3;1,4H,3H2;1-3H,(H,4,5). The highest BCUT2D eigenvalue weighted by Gasteiger charge is 1.94. The van der Waals surface area contributed by atoms with Gasteiger partial charge in [-0.05, 0) is 0 Å². The molecule has 19 heavy (non-hydrogen) atoms. The van der Waals surface area contributed by atoms with E-state index in [9.17, 15) is 9.59 Å². The Balaban J connectivity index is 0. The van der Waals surface area contributed by atoms with Crippen LogP contribution in [-0.2, 0) is 19.0 Å². The van der Waals surface area contributed by atoms with Gasteiger partial charge in [0.15, 0.2) is 13.2 Å². The number of imidazole rings is 1. The van der Waals surface area contributed by atoms with Gasteiger partial charge in [-0.1, -0.05) is 11.8 Å². The molecule has 0 saturated carbocycles. The van der Waals surface area contributed by atoms with E-state index in [0.29, 0.717) is 6.47 Å². The van der Waals surface area contributed by atoms with E-state index in [4.69, 9.17) is 6.42 Å². The first kappa shape index (κ1) is 18.4. The number of hydrogen-bond donors (Lipinski definition) is 1. The number of carbonyl (C=O) groups excluding carboxylic acids is 2. The predicted molar refractivity (Wildman–Crippen MR) is 66.6 cm³/mol. The molecule has 0 aliphatic heterocycles. The zero-order valence-electron chi connectivity index (χ0n) is 10.4. The fourth-order valence-electron chi connectivity index (χ4n) is 0.457. The number of terminal acetylenes is 2. The molecule has 1 heterocycles. The topological polar surface area (TPSA) is 90.5 Å². The maximum atomic E-state index is 10.0. The molecule has 0 bridgehead atoms. The van der Waals surface area contributed by atoms with Gasteiger partial charge in [0.1, 0.15) is 0 Å². The van der Waals surface area contributed by atoms with Gasteiger partial charge in [-0.2, -0.15) is 0 Å². The van der Waals surface area contributed by atoms with E-state index in [-0.39, 0.29) is 13.2 Å². The monoisotopic (exact) mass is 266 g/mol. The van der Waals surface area contributed by atoms with Gasteiger partial charge in [-0.15, -0.1) is 12.8 Å². The lowest BCUT2D eigenvalue weighted by atomic mass is 10.8. The number of aromatic amines is 1. The smallest absolute Gasteiger partial charge is 0.455 e. The molecule has 1 N–H and O–H groups in total. The van der Waals surface area contributed by atoms with Gasteiger partial charge in [-0.25, -0.2) is 9.78 Å². The van der Waals surface area contributed by atoms with Crippen LogP contribution in [0.1, 0.15) is 0 Å². The summed E-state index contributed by atoms with van der Waals surface area (Å²) in [5.41, 5.74) is 0. The van der Waals surface area contributed by atoms with Gasteiger partial charge in [0.2, 0.25) is 0 Å². The van der Waals surface area contributed by atoms with Crippen LogP contribution in [0.25, 0.3) is 0 Å². The third-order valence-electron chi connectivity index (χ3n) is 1.08. The number of H-pyrrole nitrogens is 1. The van der Waals surface area contributed by atoms with Crippen LogP contribution in [0.15, 0.2) is 18.7 Å². The van der Waals surface area contributed by atoms with Crippen LogP contribution in [0, 0.1) is 24.7 Å². The van der Waals surface area contributed by atoms with Crippen molar-refractivity contribution in [2.75, 3.05) is 20.3 Å². The Kier molecular flexibility index (Phi) is 16.9. The van der Waals surface area contributed by atoms with Crippen LogP contribution in [0.5, 0.6) is 0 Å². The van der Waals surface area contributed by atoms with Crippen LogP contribution >= 0.6 is 0 Å². The molecule has 7 heteroatoms. The van der Waals surface area contributed by atoms with E-state index in [1.807, 2.05) is 0 Å². The molecular weight excluding hydrogens is 252 g/mol. The maximum absolute atomic E-state index is 10.0. The Morgan fingerprint density at radius 3 is 2.37 bits per heavy atom. The first-order valence-electron chi connectivity index (χ1n) is 4.78. The zero-order chi connectivity index (χ0) is 14.8. The second-order valence-electron chi connectivity index (χ2n) is 2.32. The Morgan fingerprint density at radius 2 is 2.11 bits per heavy atom. The first-order chi connectivity index (χ1) is 9.22. The highest BCUT2D eigenvalue weighted by molar-refractivity contribution is 5.59. The van der Waals surface area contributed by atoms with Crippen LogP contribution in [0.4, 0.5) is 4.79 Å². The molecule has 0 unspecified atom stereocenters. The molecule has 0 saturated heterocycles. The summed E-state index contributed by atoms with van der Waals surface area (Å²) >= 11 is 0. The minimum Gasteiger partial charge on any atom is -0.455 e. The molecule has 1 aromatic rings. The van der Waals surface area contributed by atoms with Crippen LogP contribution < -0.4 is 0 Å². The van der Waals surface area contributed by atoms with Crippen molar-refractivity contribution >= 4 is 12.6 Å². The fraction of sp³-hybridized carbons (Fsp3) is 0.250. The molecule has 0 fully saturated rings. The average molecular weight is 266 g/mol. The lowest BCUT2D eigenvalue weighted by molar-refractivity contribution is -0.127. The quantitative estimate of drug-likeness (QED) is 0.373. The molecule has 1 rings (SSSR count). The predicted octanol–water partition coefficient (Wildman–Crippen LogP) is 0.605. The van der Waals surface area contributed by atoms with Crippen molar-refractivity contribution in [2.45, 2.75) is 0 Å². The largest absolute Gasteiger partial charge is 0.508 e. The molecular formula is C12H14N2O5. The van der Waals surface area contributed by atoms with Crippen LogP contribution in [-0.4, -0.2) is 42.9 Å². The molecule has 0 aromatic carbocycles. The molecule has 0 spiro atoms. The Morgan fingerprint density at radius 1 is 1.42 bits per heavy atom. The second kappa shape index (κ2) is 17.5. The maximum Gasteiger partial charge on any atom is 0.508 e. The lowest BCUT2D eigenvalue weighted by Gasteiger charge is -1.94. The molecule has 102 valence electrons. The number of ether oxygens (including phenoxy) is 3. The molecule has 0 amide bonds. The highest BCUT2D eigenvalue weighted by atomic mass is 16.7. The molecule has 0 aliphatic carbocycles. The first-order valence-corrected chi connectivity index (χ1v) is 4.78. The van der Waals surface area contributed by atoms with Crippen LogP contribution in [0.3, 0.4) is 0 Å². The highest BCUT2D eigenvalue weighted by Crippen LogP contribution is 1.78. The summed E-state index contributed by atoms with van der Waals surface area (Å²) in [5.74, 6) is 4.22. The van der Waals surface area contributed by atoms with Gasteiger partial charge < -0.3 is 19.2 Å². The van der Waals surface area contributed by atoms with Gasteiger partial charge in [-0.3, -0.25) is 4.79 Å². The SMILES string of the molecule is C#CCOC(=O)OC.C#CCOC=O.c1c[nH]cn1. The van der Waals surface area contributed by atoms with Crippen molar-refractivity contribution in [1.82, 2.24) is 9.97 Å². The Hall–Kier alpha value is -2.93. The van der Waals surface area contributed by atoms with E-state index < -0.39 is 6.16 Å². The van der Waals surface area contributed by atoms with Gasteiger partial charge >= 0.3 is 6.16 Å². The fourth-order valence-corrected chi connectivity index (χ4v) is 0.457. The zero-order valence-corrected chi connectivity index (χ0v) is 10.4. The molecule has 0 atom stereocenters. The lowest BCUT2D eigenvalue weighted by Crippen LogP contribution is -2.03. The molecule has 0 radical (unpaired) electrons. The number of nitrogens with zero attached hydrogens (tertiary/aromatic N) is 1. The van der Waals surface area contributed by atoms with Gasteiger partial charge in [0, 0.05) is 12.4 Å². The summed E-state index contributed by atoms with van der Waals surface area (Å²) in [6.07, 6.45) is 13.8. The third-order valence-corrected chi connectivity index (χ3v) is 1.08. The summed E-state index contributed by atoms with van der Waals surface area (Å²) in [7, 11) is 1.22. The van der Waals surface area contributed by atoms with E-state index in [0.717, 1.165) is 0 Å². The van der Waals surface area contributed by atoms with Crippen molar-refractivity contribution in [3.05, 3.63) is 18.7 Å². The molecule has 0 aliphatic rings. The van der Waals surface area contributed by atoms with Crippen molar-refractivity contribution in [3.63, 3.8) is 0 Å². The number of carbonyl (C=O) groups is 2. The van der Waals surface area contributed by atoms with Crippen molar-refractivity contribution in [1.29, 1.82) is 0 Å². The second-order valence-corrected chi connectivity index (χ2v) is 2.32. The summed E-state index contributed by atoms with van der Waals surface area (Å²) in [5, 5.41) is 0. The number of aromatic nitrogens is 2.